The maximum Gasteiger partial charge on any atom is 0.0929 e. The highest BCUT2D eigenvalue weighted by atomic mass is 35.5. The van der Waals surface area contributed by atoms with Crippen molar-refractivity contribution in [1.29, 1.82) is 0 Å². The first-order chi connectivity index (χ1) is 13.7. The van der Waals surface area contributed by atoms with Crippen molar-refractivity contribution >= 4 is 22.4 Å². The average molecular weight is 386 g/mol. The normalized spacial score (nSPS) is 16.9. The zero-order valence-electron chi connectivity index (χ0n) is 15.6. The largest absolute Gasteiger partial charge is 0.301 e. The summed E-state index contributed by atoms with van der Waals surface area (Å²) in [7, 11) is 2.18. The Morgan fingerprint density at radius 3 is 2.79 bits per heavy atom. The molecule has 0 saturated carbocycles. The molecule has 0 saturated heterocycles. The van der Waals surface area contributed by atoms with Crippen molar-refractivity contribution in [3.8, 4) is 11.3 Å². The fourth-order valence-electron chi connectivity index (χ4n) is 4.23. The van der Waals surface area contributed by atoms with Crippen molar-refractivity contribution in [2.45, 2.75) is 12.5 Å². The highest BCUT2D eigenvalue weighted by Crippen LogP contribution is 2.36. The quantitative estimate of drug-likeness (QED) is 0.454. The third-order valence-corrected chi connectivity index (χ3v) is 5.90. The molecule has 1 atom stereocenters. The SMILES string of the molecule is CN1Cc2cc(-c3cccnn3)ccc2C(c2ccc3c(Cl)cccc3c2)C1. The van der Waals surface area contributed by atoms with E-state index in [1.807, 2.05) is 24.3 Å². The molecular formula is C24H20ClN3. The van der Waals surface area contributed by atoms with Gasteiger partial charge in [-0.3, -0.25) is 0 Å². The molecule has 4 heteroatoms. The molecular weight excluding hydrogens is 366 g/mol. The number of fused-ring (bicyclic) bond motifs is 2. The maximum atomic E-state index is 6.36. The van der Waals surface area contributed by atoms with Crippen LogP contribution in [0, 0.1) is 0 Å². The molecule has 4 aromatic rings. The van der Waals surface area contributed by atoms with Gasteiger partial charge in [0.1, 0.15) is 0 Å². The van der Waals surface area contributed by atoms with Gasteiger partial charge in [-0.25, -0.2) is 0 Å². The highest BCUT2D eigenvalue weighted by Gasteiger charge is 2.25. The molecule has 0 aliphatic carbocycles. The van der Waals surface area contributed by atoms with Crippen LogP contribution in [0.3, 0.4) is 0 Å². The molecule has 0 spiro atoms. The number of benzene rings is 3. The third-order valence-electron chi connectivity index (χ3n) is 5.57. The van der Waals surface area contributed by atoms with Crippen LogP contribution in [-0.2, 0) is 6.54 Å². The van der Waals surface area contributed by atoms with Gasteiger partial charge in [0.2, 0.25) is 0 Å². The van der Waals surface area contributed by atoms with Crippen molar-refractivity contribution < 1.29 is 0 Å². The molecule has 1 aliphatic heterocycles. The van der Waals surface area contributed by atoms with Gasteiger partial charge in [0.05, 0.1) is 5.69 Å². The number of hydrogen-bond donors (Lipinski definition) is 0. The minimum absolute atomic E-state index is 0.341. The minimum Gasteiger partial charge on any atom is -0.301 e. The molecule has 3 nitrogen and oxygen atoms in total. The summed E-state index contributed by atoms with van der Waals surface area (Å²) in [6.07, 6.45) is 1.71. The summed E-state index contributed by atoms with van der Waals surface area (Å²) >= 11 is 6.36. The number of rotatable bonds is 2. The molecule has 0 bridgehead atoms. The Bertz CT molecular complexity index is 1160. The maximum absolute atomic E-state index is 6.36. The van der Waals surface area contributed by atoms with Crippen LogP contribution in [0.25, 0.3) is 22.0 Å². The molecule has 3 aromatic carbocycles. The summed E-state index contributed by atoms with van der Waals surface area (Å²) in [6, 6.07) is 23.4. The zero-order valence-corrected chi connectivity index (χ0v) is 16.4. The fourth-order valence-corrected chi connectivity index (χ4v) is 4.47. The van der Waals surface area contributed by atoms with Gasteiger partial charge in [0.25, 0.3) is 0 Å². The van der Waals surface area contributed by atoms with E-state index >= 15 is 0 Å². The molecule has 1 aromatic heterocycles. The van der Waals surface area contributed by atoms with Crippen molar-refractivity contribution in [2.24, 2.45) is 0 Å². The van der Waals surface area contributed by atoms with Gasteiger partial charge in [-0.2, -0.15) is 10.2 Å². The summed E-state index contributed by atoms with van der Waals surface area (Å²) in [5.74, 6) is 0.341. The van der Waals surface area contributed by atoms with Crippen LogP contribution in [0.5, 0.6) is 0 Å². The smallest absolute Gasteiger partial charge is 0.0929 e. The van der Waals surface area contributed by atoms with Gasteiger partial charge in [0.15, 0.2) is 0 Å². The number of hydrogen-bond acceptors (Lipinski definition) is 3. The lowest BCUT2D eigenvalue weighted by atomic mass is 9.83. The Morgan fingerprint density at radius 1 is 1.00 bits per heavy atom. The van der Waals surface area contributed by atoms with E-state index in [4.69, 9.17) is 11.6 Å². The van der Waals surface area contributed by atoms with Crippen LogP contribution in [0.4, 0.5) is 0 Å². The Hall–Kier alpha value is -2.75. The van der Waals surface area contributed by atoms with E-state index in [-0.39, 0.29) is 0 Å². The summed E-state index contributed by atoms with van der Waals surface area (Å²) in [6.45, 7) is 1.95. The van der Waals surface area contributed by atoms with Gasteiger partial charge in [-0.15, -0.1) is 0 Å². The molecule has 2 heterocycles. The lowest BCUT2D eigenvalue weighted by Crippen LogP contribution is -2.31. The molecule has 0 N–H and O–H groups in total. The Kier molecular flexibility index (Phi) is 4.34. The summed E-state index contributed by atoms with van der Waals surface area (Å²) in [5, 5.41) is 11.4. The van der Waals surface area contributed by atoms with E-state index in [0.717, 1.165) is 34.8 Å². The lowest BCUT2D eigenvalue weighted by molar-refractivity contribution is 0.295. The number of likely N-dealkylation sites (N-methyl/N-ethyl adjacent to an activating group) is 1. The molecule has 0 amide bonds. The number of nitrogens with zero attached hydrogens (tertiary/aromatic N) is 3. The second-order valence-electron chi connectivity index (χ2n) is 7.49. The van der Waals surface area contributed by atoms with Gasteiger partial charge in [-0.1, -0.05) is 54.1 Å². The monoisotopic (exact) mass is 385 g/mol. The van der Waals surface area contributed by atoms with E-state index in [1.165, 1.54) is 22.1 Å². The Labute approximate surface area is 169 Å². The molecule has 1 aliphatic rings. The first kappa shape index (κ1) is 17.4. The molecule has 0 radical (unpaired) electrons. The Balaban J connectivity index is 1.59. The van der Waals surface area contributed by atoms with Gasteiger partial charge < -0.3 is 4.90 Å². The van der Waals surface area contributed by atoms with E-state index < -0.39 is 0 Å². The first-order valence-electron chi connectivity index (χ1n) is 9.47. The number of halogens is 1. The Morgan fingerprint density at radius 2 is 1.93 bits per heavy atom. The second kappa shape index (κ2) is 7.01. The van der Waals surface area contributed by atoms with Crippen LogP contribution in [0.2, 0.25) is 5.02 Å². The minimum atomic E-state index is 0.341. The predicted octanol–water partition coefficient (Wildman–Crippen LogP) is 5.53. The van der Waals surface area contributed by atoms with E-state index in [0.29, 0.717) is 5.92 Å². The highest BCUT2D eigenvalue weighted by molar-refractivity contribution is 6.35. The average Bonchev–Trinajstić information content (AvgIpc) is 2.73. The predicted molar refractivity (Wildman–Crippen MR) is 115 cm³/mol. The molecule has 5 rings (SSSR count). The van der Waals surface area contributed by atoms with Crippen LogP contribution in [0.1, 0.15) is 22.6 Å². The summed E-state index contributed by atoms with van der Waals surface area (Å²) < 4.78 is 0. The van der Waals surface area contributed by atoms with Crippen molar-refractivity contribution in [3.63, 3.8) is 0 Å². The second-order valence-corrected chi connectivity index (χ2v) is 7.90. The number of aromatic nitrogens is 2. The fraction of sp³-hybridized carbons (Fsp3) is 0.167. The van der Waals surface area contributed by atoms with Crippen molar-refractivity contribution in [1.82, 2.24) is 15.1 Å². The van der Waals surface area contributed by atoms with Gasteiger partial charge >= 0.3 is 0 Å². The van der Waals surface area contributed by atoms with Crippen LogP contribution >= 0.6 is 11.6 Å². The zero-order chi connectivity index (χ0) is 19.1. The lowest BCUT2D eigenvalue weighted by Gasteiger charge is -2.33. The standard InChI is InChI=1S/C24H20ClN3/c1-28-14-19-13-18(24-6-3-11-26-27-24)8-9-20(19)22(15-28)17-7-10-21-16(12-17)4-2-5-23(21)25/h2-13,22H,14-15H2,1H3. The van der Waals surface area contributed by atoms with Gasteiger partial charge in [0, 0.05) is 41.2 Å². The van der Waals surface area contributed by atoms with Crippen LogP contribution in [0.15, 0.2) is 72.9 Å². The van der Waals surface area contributed by atoms with E-state index in [9.17, 15) is 0 Å². The topological polar surface area (TPSA) is 29.0 Å². The summed E-state index contributed by atoms with van der Waals surface area (Å²) in [5.41, 5.74) is 6.11. The van der Waals surface area contributed by atoms with Crippen LogP contribution < -0.4 is 0 Å². The molecule has 0 fully saturated rings. The third kappa shape index (κ3) is 3.07. The molecule has 1 unspecified atom stereocenters. The van der Waals surface area contributed by atoms with Crippen LogP contribution in [-0.4, -0.2) is 28.7 Å². The van der Waals surface area contributed by atoms with Crippen molar-refractivity contribution in [2.75, 3.05) is 13.6 Å². The van der Waals surface area contributed by atoms with E-state index in [1.54, 1.807) is 6.20 Å². The molecule has 138 valence electrons. The van der Waals surface area contributed by atoms with Gasteiger partial charge in [-0.05, 0) is 53.4 Å². The van der Waals surface area contributed by atoms with Crippen molar-refractivity contribution in [3.05, 3.63) is 94.6 Å². The first-order valence-corrected chi connectivity index (χ1v) is 9.84. The summed E-state index contributed by atoms with van der Waals surface area (Å²) in [4.78, 5) is 2.38. The van der Waals surface area contributed by atoms with E-state index in [2.05, 4.69) is 64.6 Å². The molecule has 28 heavy (non-hydrogen) atoms.